The van der Waals surface area contributed by atoms with Crippen LogP contribution in [0.25, 0.3) is 0 Å². The Labute approximate surface area is 172 Å². The van der Waals surface area contributed by atoms with Crippen LogP contribution >= 0.6 is 0 Å². The van der Waals surface area contributed by atoms with Gasteiger partial charge in [-0.15, -0.1) is 0 Å². The first-order chi connectivity index (χ1) is 14.1. The van der Waals surface area contributed by atoms with Crippen LogP contribution in [0.1, 0.15) is 31.0 Å². The summed E-state index contributed by atoms with van der Waals surface area (Å²) in [5.41, 5.74) is 2.85. The van der Waals surface area contributed by atoms with E-state index in [2.05, 4.69) is 15.6 Å². The number of hydrogen-bond donors (Lipinski definition) is 2. The van der Waals surface area contributed by atoms with Crippen molar-refractivity contribution < 1.29 is 9.15 Å². The monoisotopic (exact) mass is 392 g/mol. The fraction of sp³-hybridized carbons (Fsp3) is 0.304. The molecule has 0 bridgehead atoms. The zero-order chi connectivity index (χ0) is 20.5. The zero-order valence-electron chi connectivity index (χ0n) is 17.2. The molecule has 6 heteroatoms. The highest BCUT2D eigenvalue weighted by atomic mass is 16.5. The van der Waals surface area contributed by atoms with E-state index in [0.717, 1.165) is 35.0 Å². The highest BCUT2D eigenvalue weighted by molar-refractivity contribution is 5.93. The lowest BCUT2D eigenvalue weighted by molar-refractivity contribution is 0.242. The molecule has 0 aliphatic rings. The van der Waals surface area contributed by atoms with E-state index < -0.39 is 0 Å². The zero-order valence-corrected chi connectivity index (χ0v) is 17.2. The molecule has 6 nitrogen and oxygen atoms in total. The fourth-order valence-corrected chi connectivity index (χ4v) is 2.77. The van der Waals surface area contributed by atoms with E-state index in [4.69, 9.17) is 14.1 Å². The van der Waals surface area contributed by atoms with Crippen molar-refractivity contribution in [2.75, 3.05) is 11.9 Å². The van der Waals surface area contributed by atoms with Crippen molar-refractivity contribution in [3.63, 3.8) is 0 Å². The van der Waals surface area contributed by atoms with Crippen molar-refractivity contribution >= 4 is 11.6 Å². The topological polar surface area (TPSA) is 71.7 Å². The SMILES string of the molecule is Cc1cccc(CN=C(NCCc2ccco2)Nc2ccc(OC(C)C)cc2)n1. The van der Waals surface area contributed by atoms with Gasteiger partial charge in [0.1, 0.15) is 11.5 Å². The van der Waals surface area contributed by atoms with E-state index >= 15 is 0 Å². The van der Waals surface area contributed by atoms with Crippen molar-refractivity contribution in [2.24, 2.45) is 4.99 Å². The quantitative estimate of drug-likeness (QED) is 0.434. The number of hydrogen-bond acceptors (Lipinski definition) is 4. The Hall–Kier alpha value is -3.28. The molecule has 0 aliphatic heterocycles. The maximum absolute atomic E-state index is 5.70. The standard InChI is InChI=1S/C23H28N4O2/c1-17(2)29-22-11-9-19(10-12-22)27-23(24-14-13-21-8-5-15-28-21)25-16-20-7-4-6-18(3)26-20/h4-12,15,17H,13-14,16H2,1-3H3,(H2,24,25,27). The number of nitrogens with zero attached hydrogens (tertiary/aromatic N) is 2. The molecule has 0 radical (unpaired) electrons. The fourth-order valence-electron chi connectivity index (χ4n) is 2.77. The van der Waals surface area contributed by atoms with E-state index in [0.29, 0.717) is 19.0 Å². The van der Waals surface area contributed by atoms with Gasteiger partial charge in [-0.05, 0) is 69.3 Å². The number of ether oxygens (including phenoxy) is 1. The highest BCUT2D eigenvalue weighted by Gasteiger charge is 2.04. The van der Waals surface area contributed by atoms with E-state index in [1.165, 1.54) is 0 Å². The van der Waals surface area contributed by atoms with Crippen LogP contribution < -0.4 is 15.4 Å². The molecule has 152 valence electrons. The first-order valence-electron chi connectivity index (χ1n) is 9.85. The van der Waals surface area contributed by atoms with Crippen LogP contribution in [0.2, 0.25) is 0 Å². The van der Waals surface area contributed by atoms with Crippen LogP contribution in [0.5, 0.6) is 5.75 Å². The first kappa shape index (κ1) is 20.5. The summed E-state index contributed by atoms with van der Waals surface area (Å²) in [7, 11) is 0. The second-order valence-electron chi connectivity index (χ2n) is 7.01. The molecule has 2 aromatic heterocycles. The Morgan fingerprint density at radius 2 is 1.93 bits per heavy atom. The number of pyridine rings is 1. The van der Waals surface area contributed by atoms with Gasteiger partial charge in [-0.3, -0.25) is 4.98 Å². The van der Waals surface area contributed by atoms with Gasteiger partial charge in [0.05, 0.1) is 24.6 Å². The average molecular weight is 393 g/mol. The van der Waals surface area contributed by atoms with Crippen LogP contribution in [0, 0.1) is 6.92 Å². The summed E-state index contributed by atoms with van der Waals surface area (Å²) < 4.78 is 11.1. The Morgan fingerprint density at radius 3 is 2.62 bits per heavy atom. The number of nitrogens with one attached hydrogen (secondary N) is 2. The summed E-state index contributed by atoms with van der Waals surface area (Å²) in [6, 6.07) is 17.7. The van der Waals surface area contributed by atoms with Crippen molar-refractivity contribution in [2.45, 2.75) is 39.8 Å². The molecule has 3 rings (SSSR count). The lowest BCUT2D eigenvalue weighted by Gasteiger charge is -2.14. The van der Waals surface area contributed by atoms with Crippen LogP contribution in [0.15, 0.2) is 70.3 Å². The summed E-state index contributed by atoms with van der Waals surface area (Å²) in [6.45, 7) is 7.20. The molecular weight excluding hydrogens is 364 g/mol. The summed E-state index contributed by atoms with van der Waals surface area (Å²) >= 11 is 0. The maximum Gasteiger partial charge on any atom is 0.196 e. The number of aromatic nitrogens is 1. The van der Waals surface area contributed by atoms with Crippen molar-refractivity contribution in [3.8, 4) is 5.75 Å². The van der Waals surface area contributed by atoms with Gasteiger partial charge < -0.3 is 19.8 Å². The molecule has 0 atom stereocenters. The maximum atomic E-state index is 5.70. The lowest BCUT2D eigenvalue weighted by Crippen LogP contribution is -2.32. The number of rotatable bonds is 8. The summed E-state index contributed by atoms with van der Waals surface area (Å²) in [5, 5.41) is 6.71. The van der Waals surface area contributed by atoms with Crippen LogP contribution in [-0.4, -0.2) is 23.6 Å². The molecule has 2 heterocycles. The molecule has 29 heavy (non-hydrogen) atoms. The number of anilines is 1. The molecule has 3 aromatic rings. The number of furan rings is 1. The first-order valence-corrected chi connectivity index (χ1v) is 9.85. The second-order valence-corrected chi connectivity index (χ2v) is 7.01. The van der Waals surface area contributed by atoms with E-state index in [1.807, 2.05) is 75.4 Å². The van der Waals surface area contributed by atoms with Gasteiger partial charge in [0.2, 0.25) is 0 Å². The van der Waals surface area contributed by atoms with Gasteiger partial charge >= 0.3 is 0 Å². The summed E-state index contributed by atoms with van der Waals surface area (Å²) in [6.07, 6.45) is 2.61. The van der Waals surface area contributed by atoms with Gasteiger partial charge in [-0.2, -0.15) is 0 Å². The molecule has 0 saturated heterocycles. The minimum absolute atomic E-state index is 0.149. The van der Waals surface area contributed by atoms with Crippen LogP contribution in [0.3, 0.4) is 0 Å². The second kappa shape index (κ2) is 10.3. The van der Waals surface area contributed by atoms with Crippen molar-refractivity contribution in [1.82, 2.24) is 10.3 Å². The number of aliphatic imine (C=N–C) groups is 1. The minimum atomic E-state index is 0.149. The summed E-state index contributed by atoms with van der Waals surface area (Å²) in [4.78, 5) is 9.21. The van der Waals surface area contributed by atoms with E-state index in [1.54, 1.807) is 6.26 Å². The molecular formula is C23H28N4O2. The summed E-state index contributed by atoms with van der Waals surface area (Å²) in [5.74, 6) is 2.48. The molecule has 1 aromatic carbocycles. The molecule has 0 aliphatic carbocycles. The molecule has 0 fully saturated rings. The molecule has 0 spiro atoms. The van der Waals surface area contributed by atoms with Gasteiger partial charge in [-0.1, -0.05) is 6.07 Å². The number of guanidine groups is 1. The molecule has 2 N–H and O–H groups in total. The number of benzene rings is 1. The largest absolute Gasteiger partial charge is 0.491 e. The normalized spacial score (nSPS) is 11.5. The third kappa shape index (κ3) is 6.99. The lowest BCUT2D eigenvalue weighted by atomic mass is 10.3. The van der Waals surface area contributed by atoms with Crippen LogP contribution in [-0.2, 0) is 13.0 Å². The molecule has 0 saturated carbocycles. The Balaban J connectivity index is 1.66. The third-order valence-electron chi connectivity index (χ3n) is 4.08. The van der Waals surface area contributed by atoms with Gasteiger partial charge in [-0.25, -0.2) is 4.99 Å². The predicted molar refractivity (Wildman–Crippen MR) is 116 cm³/mol. The van der Waals surface area contributed by atoms with Gasteiger partial charge in [0.25, 0.3) is 0 Å². The smallest absolute Gasteiger partial charge is 0.196 e. The van der Waals surface area contributed by atoms with Crippen molar-refractivity contribution in [3.05, 3.63) is 78.0 Å². The Kier molecular flexibility index (Phi) is 7.28. The molecule has 0 amide bonds. The van der Waals surface area contributed by atoms with Crippen LogP contribution in [0.4, 0.5) is 5.69 Å². The number of aryl methyl sites for hydroxylation is 1. The van der Waals surface area contributed by atoms with E-state index in [-0.39, 0.29) is 6.10 Å². The molecule has 0 unspecified atom stereocenters. The Bertz CT molecular complexity index is 903. The average Bonchev–Trinajstić information content (AvgIpc) is 3.20. The third-order valence-corrected chi connectivity index (χ3v) is 4.08. The minimum Gasteiger partial charge on any atom is -0.491 e. The Morgan fingerprint density at radius 1 is 1.10 bits per heavy atom. The van der Waals surface area contributed by atoms with Crippen molar-refractivity contribution in [1.29, 1.82) is 0 Å². The van der Waals surface area contributed by atoms with E-state index in [9.17, 15) is 0 Å². The predicted octanol–water partition coefficient (Wildman–Crippen LogP) is 4.57. The van der Waals surface area contributed by atoms with Gasteiger partial charge in [0, 0.05) is 24.3 Å². The van der Waals surface area contributed by atoms with Gasteiger partial charge in [0.15, 0.2) is 5.96 Å². The highest BCUT2D eigenvalue weighted by Crippen LogP contribution is 2.17.